The maximum absolute atomic E-state index is 13.1. The Labute approximate surface area is 182 Å². The summed E-state index contributed by atoms with van der Waals surface area (Å²) in [6.45, 7) is 3.72. The molecule has 7 nitrogen and oxygen atoms in total. The zero-order valence-corrected chi connectivity index (χ0v) is 18.0. The number of hydrogen-bond acceptors (Lipinski definition) is 7. The van der Waals surface area contributed by atoms with Crippen LogP contribution < -0.4 is 25.4 Å². The fourth-order valence-corrected chi connectivity index (χ4v) is 4.19. The molecule has 0 bridgehead atoms. The molecule has 2 aromatic carbocycles. The van der Waals surface area contributed by atoms with Crippen molar-refractivity contribution in [3.63, 3.8) is 0 Å². The lowest BCUT2D eigenvalue weighted by Crippen LogP contribution is -2.50. The number of carbonyl (C=O) groups excluding carboxylic acids is 1. The number of para-hydroxylation sites is 1. The van der Waals surface area contributed by atoms with Crippen LogP contribution in [0.5, 0.6) is 11.5 Å². The monoisotopic (exact) mass is 442 g/mol. The molecule has 1 unspecified atom stereocenters. The number of methoxy groups -OCH3 is 2. The minimum absolute atomic E-state index is 0.253. The number of rotatable bonds is 5. The normalized spacial score (nSPS) is 17.2. The molecule has 0 saturated heterocycles. The summed E-state index contributed by atoms with van der Waals surface area (Å²) < 4.78 is 11.1. The average molecular weight is 443 g/mol. The largest absolute Gasteiger partial charge is 0.493 e. The van der Waals surface area contributed by atoms with Crippen LogP contribution in [-0.4, -0.2) is 36.1 Å². The highest BCUT2D eigenvalue weighted by Crippen LogP contribution is 2.42. The minimum atomic E-state index is -0.664. The predicted molar refractivity (Wildman–Crippen MR) is 118 cm³/mol. The van der Waals surface area contributed by atoms with Gasteiger partial charge in [0.2, 0.25) is 0 Å². The number of amidine groups is 1. The third-order valence-corrected chi connectivity index (χ3v) is 5.68. The summed E-state index contributed by atoms with van der Waals surface area (Å²) in [5.41, 5.74) is 1.05. The van der Waals surface area contributed by atoms with E-state index in [0.717, 1.165) is 0 Å². The van der Waals surface area contributed by atoms with Crippen molar-refractivity contribution in [1.29, 1.82) is 0 Å². The third-order valence-electron chi connectivity index (χ3n) is 4.60. The van der Waals surface area contributed by atoms with Gasteiger partial charge in [0.25, 0.3) is 5.91 Å². The van der Waals surface area contributed by atoms with E-state index in [-0.39, 0.29) is 5.91 Å². The number of hydrogen-bond donors (Lipinski definition) is 1. The highest BCUT2D eigenvalue weighted by molar-refractivity contribution is 8.14. The SMILES string of the molecule is C=CCSC1=NN2C(=c3ccccc3=NC2c2cc(Cl)cc(OC)c2OC)C(=O)N1. The predicted octanol–water partition coefficient (Wildman–Crippen LogP) is 2.42. The Balaban J connectivity index is 1.97. The second kappa shape index (κ2) is 8.41. The molecular formula is C21H19ClN4O3S. The molecule has 2 aromatic rings. The lowest BCUT2D eigenvalue weighted by Gasteiger charge is -2.34. The van der Waals surface area contributed by atoms with Crippen LogP contribution >= 0.6 is 23.4 Å². The van der Waals surface area contributed by atoms with Crippen molar-refractivity contribution in [2.24, 2.45) is 10.1 Å². The molecule has 2 aliphatic heterocycles. The minimum Gasteiger partial charge on any atom is -0.493 e. The Morgan fingerprint density at radius 1 is 1.30 bits per heavy atom. The summed E-state index contributed by atoms with van der Waals surface area (Å²) in [5.74, 6) is 1.31. The van der Waals surface area contributed by atoms with E-state index in [0.29, 0.717) is 49.3 Å². The molecule has 9 heteroatoms. The van der Waals surface area contributed by atoms with E-state index >= 15 is 0 Å². The second-order valence-electron chi connectivity index (χ2n) is 6.40. The summed E-state index contributed by atoms with van der Waals surface area (Å²) in [6, 6.07) is 10.9. The van der Waals surface area contributed by atoms with Crippen LogP contribution in [0.15, 0.2) is 59.1 Å². The molecule has 1 N–H and O–H groups in total. The second-order valence-corrected chi connectivity index (χ2v) is 7.85. The Kier molecular flexibility index (Phi) is 5.69. The van der Waals surface area contributed by atoms with E-state index in [2.05, 4.69) is 17.0 Å². The molecule has 4 rings (SSSR count). The molecule has 0 spiro atoms. The summed E-state index contributed by atoms with van der Waals surface area (Å²) >= 11 is 7.72. The first-order valence-electron chi connectivity index (χ1n) is 9.09. The molecule has 1 amide bonds. The fraction of sp³-hybridized carbons (Fsp3) is 0.190. The van der Waals surface area contributed by atoms with Gasteiger partial charge in [-0.3, -0.25) is 15.1 Å². The van der Waals surface area contributed by atoms with Crippen molar-refractivity contribution < 1.29 is 14.3 Å². The summed E-state index contributed by atoms with van der Waals surface area (Å²) in [6.07, 6.45) is 1.08. The van der Waals surface area contributed by atoms with Gasteiger partial charge < -0.3 is 9.47 Å². The molecule has 1 atom stereocenters. The number of halogens is 1. The van der Waals surface area contributed by atoms with Gasteiger partial charge in [-0.05, 0) is 12.1 Å². The van der Waals surface area contributed by atoms with Gasteiger partial charge in [0.1, 0.15) is 5.70 Å². The van der Waals surface area contributed by atoms with Gasteiger partial charge in [-0.15, -0.1) is 11.7 Å². The van der Waals surface area contributed by atoms with Crippen molar-refractivity contribution >= 4 is 40.1 Å². The fourth-order valence-electron chi connectivity index (χ4n) is 3.38. The Bertz CT molecular complexity index is 1180. The van der Waals surface area contributed by atoms with Crippen LogP contribution in [0, 0.1) is 0 Å². The smallest absolute Gasteiger partial charge is 0.276 e. The number of thioether (sulfide) groups is 1. The molecule has 2 aliphatic rings. The third kappa shape index (κ3) is 3.53. The van der Waals surface area contributed by atoms with Crippen LogP contribution in [-0.2, 0) is 4.79 Å². The molecule has 0 saturated carbocycles. The molecule has 2 heterocycles. The van der Waals surface area contributed by atoms with E-state index in [9.17, 15) is 4.79 Å². The number of hydrazone groups is 1. The number of nitrogens with one attached hydrogen (secondary N) is 1. The topological polar surface area (TPSA) is 75.5 Å². The van der Waals surface area contributed by atoms with Gasteiger partial charge in [-0.2, -0.15) is 0 Å². The van der Waals surface area contributed by atoms with Crippen molar-refractivity contribution in [1.82, 2.24) is 10.3 Å². The molecule has 30 heavy (non-hydrogen) atoms. The number of fused-ring (bicyclic) bond motifs is 2. The highest BCUT2D eigenvalue weighted by atomic mass is 35.5. The lowest BCUT2D eigenvalue weighted by atomic mass is 10.1. The van der Waals surface area contributed by atoms with E-state index in [1.165, 1.54) is 11.8 Å². The molecule has 0 aromatic heterocycles. The average Bonchev–Trinajstić information content (AvgIpc) is 2.76. The maximum atomic E-state index is 13.1. The molecular weight excluding hydrogens is 424 g/mol. The summed E-state index contributed by atoms with van der Waals surface area (Å²) in [5, 5.41) is 11.5. The lowest BCUT2D eigenvalue weighted by molar-refractivity contribution is -0.116. The van der Waals surface area contributed by atoms with Gasteiger partial charge in [0, 0.05) is 27.6 Å². The summed E-state index contributed by atoms with van der Waals surface area (Å²) in [4.78, 5) is 17.9. The van der Waals surface area contributed by atoms with E-state index in [4.69, 9.17) is 26.1 Å². The highest BCUT2D eigenvalue weighted by Gasteiger charge is 2.36. The molecule has 0 fully saturated rings. The Morgan fingerprint density at radius 2 is 2.10 bits per heavy atom. The zero-order chi connectivity index (χ0) is 21.3. The number of amides is 1. The number of ether oxygens (including phenoxy) is 2. The van der Waals surface area contributed by atoms with Gasteiger partial charge in [-0.25, -0.2) is 5.01 Å². The van der Waals surface area contributed by atoms with Gasteiger partial charge in [0.05, 0.1) is 19.6 Å². The van der Waals surface area contributed by atoms with Crippen LogP contribution in [0.4, 0.5) is 0 Å². The first kappa shape index (κ1) is 20.3. The standard InChI is InChI=1S/C21H19ClN4O3S/c1-4-9-30-21-24-20(27)17-13-7-5-6-8-15(13)23-19(26(17)25-21)14-10-12(22)11-16(28-2)18(14)29-3/h4-8,10-11,19H,1,9H2,2-3H3,(H,24,25,27). The van der Waals surface area contributed by atoms with Crippen molar-refractivity contribution in [2.45, 2.75) is 6.17 Å². The van der Waals surface area contributed by atoms with E-state index < -0.39 is 6.17 Å². The van der Waals surface area contributed by atoms with Crippen LogP contribution in [0.25, 0.3) is 5.70 Å². The van der Waals surface area contributed by atoms with E-state index in [1.807, 2.05) is 24.3 Å². The molecule has 0 radical (unpaired) electrons. The number of carbonyl (C=O) groups is 1. The van der Waals surface area contributed by atoms with Crippen LogP contribution in [0.3, 0.4) is 0 Å². The maximum Gasteiger partial charge on any atom is 0.276 e. The number of nitrogens with zero attached hydrogens (tertiary/aromatic N) is 3. The van der Waals surface area contributed by atoms with Gasteiger partial charge in [-0.1, -0.05) is 47.6 Å². The van der Waals surface area contributed by atoms with Crippen molar-refractivity contribution in [3.8, 4) is 11.5 Å². The van der Waals surface area contributed by atoms with Crippen LogP contribution in [0.2, 0.25) is 5.02 Å². The van der Waals surface area contributed by atoms with Gasteiger partial charge in [0.15, 0.2) is 22.8 Å². The molecule has 154 valence electrons. The summed E-state index contributed by atoms with van der Waals surface area (Å²) in [7, 11) is 3.09. The quantitative estimate of drug-likeness (QED) is 0.720. The van der Waals surface area contributed by atoms with Gasteiger partial charge >= 0.3 is 0 Å². The first-order chi connectivity index (χ1) is 14.6. The Morgan fingerprint density at radius 3 is 2.83 bits per heavy atom. The van der Waals surface area contributed by atoms with E-state index in [1.54, 1.807) is 37.4 Å². The van der Waals surface area contributed by atoms with Crippen molar-refractivity contribution in [2.75, 3.05) is 20.0 Å². The number of benzene rings is 2. The van der Waals surface area contributed by atoms with Crippen LogP contribution in [0.1, 0.15) is 11.7 Å². The van der Waals surface area contributed by atoms with Crippen molar-refractivity contribution in [3.05, 3.63) is 70.2 Å². The first-order valence-corrected chi connectivity index (χ1v) is 10.4. The molecule has 0 aliphatic carbocycles. The Hall–Kier alpha value is -2.97. The zero-order valence-electron chi connectivity index (χ0n) is 16.4.